The molecule has 0 spiro atoms. The van der Waals surface area contributed by atoms with Gasteiger partial charge in [0.2, 0.25) is 5.88 Å². The zero-order valence-corrected chi connectivity index (χ0v) is 16.5. The molecule has 2 aromatic heterocycles. The third kappa shape index (κ3) is 5.54. The Hall–Kier alpha value is -3.08. The number of hydrogen-bond donors (Lipinski definition) is 1. The number of morpholine rings is 1. The van der Waals surface area contributed by atoms with Crippen molar-refractivity contribution in [3.05, 3.63) is 48.0 Å². The monoisotopic (exact) mass is 442 g/mol. The number of hydrogen-bond acceptors (Lipinski definition) is 6. The van der Waals surface area contributed by atoms with E-state index in [-0.39, 0.29) is 24.2 Å². The minimum absolute atomic E-state index is 0.0189. The van der Waals surface area contributed by atoms with Crippen LogP contribution in [0, 0.1) is 6.92 Å². The van der Waals surface area contributed by atoms with Crippen LogP contribution in [0.5, 0.6) is 5.88 Å². The summed E-state index contributed by atoms with van der Waals surface area (Å²) in [4.78, 5) is 27.7. The maximum absolute atomic E-state index is 12.7. The highest BCUT2D eigenvalue weighted by Crippen LogP contribution is 2.33. The number of fused-ring (bicyclic) bond motifs is 1. The fraction of sp³-hybridized carbons (Fsp3) is 0.450. The summed E-state index contributed by atoms with van der Waals surface area (Å²) in [5, 5.41) is 7.12. The lowest BCUT2D eigenvalue weighted by Crippen LogP contribution is -2.54. The van der Waals surface area contributed by atoms with Crippen molar-refractivity contribution < 1.29 is 41.8 Å². The predicted octanol–water partition coefficient (Wildman–Crippen LogP) is 3.07. The molecule has 168 valence electrons. The molecule has 1 aliphatic heterocycles. The van der Waals surface area contributed by atoms with Gasteiger partial charge in [-0.3, -0.25) is 4.79 Å². The zero-order valence-electron chi connectivity index (χ0n) is 16.5. The average molecular weight is 442 g/mol. The van der Waals surface area contributed by atoms with Crippen molar-refractivity contribution >= 4 is 11.9 Å². The molecule has 4 rings (SSSR count). The molecule has 2 fully saturated rings. The number of pyridine rings is 1. The molecule has 31 heavy (non-hydrogen) atoms. The number of carboxylic acid groups (broad SMARTS) is 1. The summed E-state index contributed by atoms with van der Waals surface area (Å²) in [6.45, 7) is 2.93. The predicted molar refractivity (Wildman–Crippen MR) is 99.6 cm³/mol. The van der Waals surface area contributed by atoms with E-state index in [1.165, 1.54) is 0 Å². The van der Waals surface area contributed by atoms with E-state index in [9.17, 15) is 18.0 Å². The zero-order chi connectivity index (χ0) is 22.6. The van der Waals surface area contributed by atoms with Crippen LogP contribution in [0.4, 0.5) is 13.2 Å². The molecule has 0 aromatic carbocycles. The number of carboxylic acids is 1. The second kappa shape index (κ2) is 9.38. The maximum Gasteiger partial charge on any atom is 0.490 e. The molecule has 1 saturated heterocycles. The van der Waals surface area contributed by atoms with E-state index in [4.69, 9.17) is 23.8 Å². The molecular formula is C20H21F3N2O6. The van der Waals surface area contributed by atoms with Crippen LogP contribution in [0.1, 0.15) is 29.2 Å². The van der Waals surface area contributed by atoms with Crippen molar-refractivity contribution in [2.24, 2.45) is 0 Å². The van der Waals surface area contributed by atoms with Crippen molar-refractivity contribution in [2.45, 2.75) is 44.2 Å². The lowest BCUT2D eigenvalue weighted by Gasteiger charge is -2.38. The molecule has 1 amide bonds. The highest BCUT2D eigenvalue weighted by atomic mass is 19.4. The van der Waals surface area contributed by atoms with Crippen LogP contribution < -0.4 is 4.74 Å². The number of carbonyl (C=O) groups is 2. The van der Waals surface area contributed by atoms with Crippen molar-refractivity contribution in [3.8, 4) is 5.88 Å². The standard InChI is InChI=1S/C18H20N2O4.C2HF3O2/c1-12-5-7-15(23-12)18(21)20-10-11-22-17-13(20)6-8-14(17)24-16-4-2-3-9-19-16;3-2(4,5)1(6)7/h2-5,7,9,13-14,17H,6,8,10-11H2,1H3;(H,6,7)/t13-,14-,17+;/m0./s1. The van der Waals surface area contributed by atoms with Crippen LogP contribution in [0.25, 0.3) is 0 Å². The number of aromatic nitrogens is 1. The number of aryl methyl sites for hydroxylation is 1. The largest absolute Gasteiger partial charge is 0.490 e. The Labute approximate surface area is 175 Å². The van der Waals surface area contributed by atoms with E-state index in [0.717, 1.165) is 18.6 Å². The second-order valence-corrected chi connectivity index (χ2v) is 7.02. The number of nitrogens with zero attached hydrogens (tertiary/aromatic N) is 2. The minimum Gasteiger partial charge on any atom is -0.475 e. The molecule has 8 nitrogen and oxygen atoms in total. The second-order valence-electron chi connectivity index (χ2n) is 7.02. The quantitative estimate of drug-likeness (QED) is 0.780. The number of amides is 1. The number of furan rings is 1. The highest BCUT2D eigenvalue weighted by Gasteiger charge is 2.46. The van der Waals surface area contributed by atoms with Gasteiger partial charge in [-0.15, -0.1) is 0 Å². The van der Waals surface area contributed by atoms with E-state index >= 15 is 0 Å². The van der Waals surface area contributed by atoms with Crippen LogP contribution in [-0.2, 0) is 9.53 Å². The molecule has 1 N–H and O–H groups in total. The van der Waals surface area contributed by atoms with Crippen LogP contribution in [0.3, 0.4) is 0 Å². The Morgan fingerprint density at radius 1 is 1.23 bits per heavy atom. The van der Waals surface area contributed by atoms with Gasteiger partial charge in [-0.25, -0.2) is 9.78 Å². The number of aliphatic carboxylic acids is 1. The third-order valence-electron chi connectivity index (χ3n) is 4.90. The van der Waals surface area contributed by atoms with Gasteiger partial charge in [0.25, 0.3) is 5.91 Å². The molecule has 1 saturated carbocycles. The normalized spacial score (nSPS) is 22.8. The molecule has 3 heterocycles. The Morgan fingerprint density at radius 2 is 1.97 bits per heavy atom. The van der Waals surface area contributed by atoms with E-state index < -0.39 is 12.1 Å². The summed E-state index contributed by atoms with van der Waals surface area (Å²) < 4.78 is 49.1. The summed E-state index contributed by atoms with van der Waals surface area (Å²) in [5.41, 5.74) is 0. The molecule has 1 aliphatic carbocycles. The van der Waals surface area contributed by atoms with Crippen molar-refractivity contribution in [1.29, 1.82) is 0 Å². The van der Waals surface area contributed by atoms with Gasteiger partial charge < -0.3 is 23.9 Å². The number of carbonyl (C=O) groups excluding carboxylic acids is 1. The molecule has 2 aliphatic rings. The fourth-order valence-corrected chi connectivity index (χ4v) is 3.56. The van der Waals surface area contributed by atoms with Gasteiger partial charge in [-0.05, 0) is 38.0 Å². The number of halogens is 3. The smallest absolute Gasteiger partial charge is 0.475 e. The van der Waals surface area contributed by atoms with Gasteiger partial charge >= 0.3 is 12.1 Å². The summed E-state index contributed by atoms with van der Waals surface area (Å²) in [6, 6.07) is 9.15. The highest BCUT2D eigenvalue weighted by molar-refractivity contribution is 5.92. The first-order valence-electron chi connectivity index (χ1n) is 9.53. The van der Waals surface area contributed by atoms with E-state index in [1.54, 1.807) is 12.3 Å². The van der Waals surface area contributed by atoms with Gasteiger partial charge in [0, 0.05) is 18.8 Å². The minimum atomic E-state index is -5.08. The fourth-order valence-electron chi connectivity index (χ4n) is 3.56. The summed E-state index contributed by atoms with van der Waals surface area (Å²) in [7, 11) is 0. The maximum atomic E-state index is 12.7. The topological polar surface area (TPSA) is 102 Å². The van der Waals surface area contributed by atoms with E-state index in [1.807, 2.05) is 36.1 Å². The average Bonchev–Trinajstić information content (AvgIpc) is 3.34. The summed E-state index contributed by atoms with van der Waals surface area (Å²) >= 11 is 0. The first kappa shape index (κ1) is 22.6. The molecular weight excluding hydrogens is 421 g/mol. The SMILES string of the molecule is Cc1ccc(C(=O)N2CCO[C@H]3[C@@H](Oc4ccccn4)CC[C@@H]32)o1.O=C(O)C(F)(F)F. The van der Waals surface area contributed by atoms with Crippen LogP contribution in [-0.4, -0.2) is 64.4 Å². The van der Waals surface area contributed by atoms with Crippen molar-refractivity contribution in [1.82, 2.24) is 9.88 Å². The van der Waals surface area contributed by atoms with Gasteiger partial charge in [0.1, 0.15) is 18.0 Å². The molecule has 3 atom stereocenters. The van der Waals surface area contributed by atoms with Crippen LogP contribution >= 0.6 is 0 Å². The van der Waals surface area contributed by atoms with Crippen LogP contribution in [0.15, 0.2) is 40.9 Å². The molecule has 0 bridgehead atoms. The molecule has 2 aromatic rings. The van der Waals surface area contributed by atoms with Crippen LogP contribution in [0.2, 0.25) is 0 Å². The lowest BCUT2D eigenvalue weighted by atomic mass is 10.1. The van der Waals surface area contributed by atoms with Gasteiger partial charge in [-0.2, -0.15) is 13.2 Å². The number of ether oxygens (including phenoxy) is 2. The van der Waals surface area contributed by atoms with E-state index in [0.29, 0.717) is 24.8 Å². The molecule has 11 heteroatoms. The Kier molecular flexibility index (Phi) is 6.84. The van der Waals surface area contributed by atoms with Crippen molar-refractivity contribution in [2.75, 3.05) is 13.2 Å². The first-order valence-corrected chi connectivity index (χ1v) is 9.53. The van der Waals surface area contributed by atoms with Gasteiger partial charge in [-0.1, -0.05) is 6.07 Å². The Balaban J connectivity index is 0.000000339. The summed E-state index contributed by atoms with van der Waals surface area (Å²) in [6.07, 6.45) is -1.89. The van der Waals surface area contributed by atoms with Gasteiger partial charge in [0.05, 0.1) is 12.6 Å². The first-order chi connectivity index (χ1) is 14.7. The Bertz CT molecular complexity index is 902. The van der Waals surface area contributed by atoms with E-state index in [2.05, 4.69) is 4.98 Å². The van der Waals surface area contributed by atoms with Crippen molar-refractivity contribution in [3.63, 3.8) is 0 Å². The summed E-state index contributed by atoms with van der Waals surface area (Å²) in [5.74, 6) is -1.10. The number of alkyl halides is 3. The molecule has 0 unspecified atom stereocenters. The number of rotatable bonds is 3. The lowest BCUT2D eigenvalue weighted by molar-refractivity contribution is -0.192. The Morgan fingerprint density at radius 3 is 2.55 bits per heavy atom. The molecule has 0 radical (unpaired) electrons. The third-order valence-corrected chi connectivity index (χ3v) is 4.90. The van der Waals surface area contributed by atoms with Gasteiger partial charge in [0.15, 0.2) is 5.76 Å².